The number of carbonyl (C=O) groups excluding carboxylic acids is 3. The van der Waals surface area contributed by atoms with Crippen molar-refractivity contribution in [1.29, 1.82) is 0 Å². The molecule has 0 spiro atoms. The van der Waals surface area contributed by atoms with E-state index in [0.29, 0.717) is 19.3 Å². The topological polar surface area (TPSA) is 78.9 Å². The quantitative estimate of drug-likeness (QED) is 0.0263. The monoisotopic (exact) mass is 829 g/mol. The first-order chi connectivity index (χ1) is 29.0. The molecule has 59 heavy (non-hydrogen) atoms. The Hall–Kier alpha value is -2.37. The zero-order chi connectivity index (χ0) is 43.0. The fraction of sp³-hybridized carbons (Fsp3) is 0.830. The fourth-order valence-electron chi connectivity index (χ4n) is 7.22. The van der Waals surface area contributed by atoms with Crippen LogP contribution in [0.25, 0.3) is 0 Å². The van der Waals surface area contributed by atoms with Gasteiger partial charge in [-0.15, -0.1) is 0 Å². The summed E-state index contributed by atoms with van der Waals surface area (Å²) in [6.45, 7) is 6.57. The van der Waals surface area contributed by atoms with E-state index in [0.717, 1.165) is 83.5 Å². The van der Waals surface area contributed by atoms with Crippen molar-refractivity contribution in [1.82, 2.24) is 0 Å². The molecular weight excluding hydrogens is 733 g/mol. The Morgan fingerprint density at radius 2 is 0.627 bits per heavy atom. The molecule has 0 fully saturated rings. The Balaban J connectivity index is 4.37. The standard InChI is InChI=1S/C53H96O6/c1-4-7-10-13-16-19-22-24-26-28-31-34-37-40-43-46-52(55)58-49-50(48-57-51(54)45-42-39-36-33-30-21-18-15-12-9-6-3)59-53(56)47-44-41-38-35-32-29-27-25-23-20-17-14-11-8-5-2/h15-16,18-19,24,26,50H,4-14,17,20-23,25,27-49H2,1-3H3/b18-15-,19-16-,26-24-/t50-/m1/s1. The summed E-state index contributed by atoms with van der Waals surface area (Å²) in [5.74, 6) is -0.892. The molecule has 0 aromatic carbocycles. The highest BCUT2D eigenvalue weighted by molar-refractivity contribution is 5.71. The highest BCUT2D eigenvalue weighted by Gasteiger charge is 2.19. The third kappa shape index (κ3) is 46.5. The first-order valence-electron chi connectivity index (χ1n) is 25.5. The molecule has 0 aromatic heterocycles. The molecule has 0 saturated heterocycles. The molecule has 0 radical (unpaired) electrons. The second-order valence-corrected chi connectivity index (χ2v) is 17.1. The van der Waals surface area contributed by atoms with Gasteiger partial charge >= 0.3 is 17.9 Å². The van der Waals surface area contributed by atoms with E-state index in [1.54, 1.807) is 0 Å². The van der Waals surface area contributed by atoms with Crippen LogP contribution in [0.3, 0.4) is 0 Å². The second-order valence-electron chi connectivity index (χ2n) is 17.1. The van der Waals surface area contributed by atoms with E-state index in [9.17, 15) is 14.4 Å². The summed E-state index contributed by atoms with van der Waals surface area (Å²) < 4.78 is 16.8. The molecule has 0 saturated carbocycles. The molecule has 0 aliphatic carbocycles. The van der Waals surface area contributed by atoms with E-state index >= 15 is 0 Å². The summed E-state index contributed by atoms with van der Waals surface area (Å²) in [4.78, 5) is 37.9. The second kappa shape index (κ2) is 48.3. The van der Waals surface area contributed by atoms with Crippen molar-refractivity contribution in [2.45, 2.75) is 271 Å². The smallest absolute Gasteiger partial charge is 0.306 e. The van der Waals surface area contributed by atoms with Gasteiger partial charge in [-0.2, -0.15) is 0 Å². The maximum Gasteiger partial charge on any atom is 0.306 e. The van der Waals surface area contributed by atoms with Gasteiger partial charge in [0.05, 0.1) is 0 Å². The number of allylic oxidation sites excluding steroid dienone is 6. The minimum absolute atomic E-state index is 0.0786. The molecule has 0 bridgehead atoms. The number of hydrogen-bond donors (Lipinski definition) is 0. The van der Waals surface area contributed by atoms with Crippen molar-refractivity contribution in [3.05, 3.63) is 36.5 Å². The molecule has 0 aliphatic heterocycles. The van der Waals surface area contributed by atoms with Gasteiger partial charge in [-0.25, -0.2) is 0 Å². The van der Waals surface area contributed by atoms with Gasteiger partial charge in [-0.3, -0.25) is 14.4 Å². The van der Waals surface area contributed by atoms with Crippen molar-refractivity contribution >= 4 is 17.9 Å². The molecule has 0 aliphatic rings. The third-order valence-corrected chi connectivity index (χ3v) is 11.1. The van der Waals surface area contributed by atoms with Gasteiger partial charge in [0.2, 0.25) is 0 Å². The van der Waals surface area contributed by atoms with Crippen LogP contribution in [-0.4, -0.2) is 37.2 Å². The minimum atomic E-state index is -0.776. The molecule has 0 heterocycles. The maximum absolute atomic E-state index is 12.8. The first-order valence-corrected chi connectivity index (χ1v) is 25.5. The van der Waals surface area contributed by atoms with Gasteiger partial charge in [0.1, 0.15) is 13.2 Å². The molecule has 0 rings (SSSR count). The predicted octanol–water partition coefficient (Wildman–Crippen LogP) is 16.5. The minimum Gasteiger partial charge on any atom is -0.462 e. The molecule has 6 nitrogen and oxygen atoms in total. The van der Waals surface area contributed by atoms with E-state index in [2.05, 4.69) is 57.2 Å². The van der Waals surface area contributed by atoms with Gasteiger partial charge in [-0.05, 0) is 70.6 Å². The molecular formula is C53H96O6. The maximum atomic E-state index is 12.8. The lowest BCUT2D eigenvalue weighted by atomic mass is 10.0. The van der Waals surface area contributed by atoms with E-state index < -0.39 is 6.10 Å². The van der Waals surface area contributed by atoms with Crippen LogP contribution in [0.4, 0.5) is 0 Å². The highest BCUT2D eigenvalue weighted by atomic mass is 16.6. The average Bonchev–Trinajstić information content (AvgIpc) is 3.23. The van der Waals surface area contributed by atoms with Crippen molar-refractivity contribution in [2.75, 3.05) is 13.2 Å². The number of rotatable bonds is 46. The molecule has 0 unspecified atom stereocenters. The van der Waals surface area contributed by atoms with E-state index in [-0.39, 0.29) is 31.1 Å². The molecule has 0 aromatic rings. The molecule has 0 N–H and O–H groups in total. The molecule has 6 heteroatoms. The summed E-state index contributed by atoms with van der Waals surface area (Å²) in [6, 6.07) is 0. The van der Waals surface area contributed by atoms with Gasteiger partial charge in [0.25, 0.3) is 0 Å². The van der Waals surface area contributed by atoms with Crippen LogP contribution in [0.2, 0.25) is 0 Å². The molecule has 344 valence electrons. The summed E-state index contributed by atoms with van der Waals surface area (Å²) in [5, 5.41) is 0. The van der Waals surface area contributed by atoms with Crippen LogP contribution in [0.1, 0.15) is 265 Å². The van der Waals surface area contributed by atoms with Crippen LogP contribution >= 0.6 is 0 Å². The van der Waals surface area contributed by atoms with Crippen molar-refractivity contribution in [2.24, 2.45) is 0 Å². The summed E-state index contributed by atoms with van der Waals surface area (Å²) in [7, 11) is 0. The van der Waals surface area contributed by atoms with E-state index in [1.165, 1.54) is 141 Å². The van der Waals surface area contributed by atoms with Crippen LogP contribution in [-0.2, 0) is 28.6 Å². The van der Waals surface area contributed by atoms with Gasteiger partial charge in [-0.1, -0.05) is 211 Å². The van der Waals surface area contributed by atoms with Crippen molar-refractivity contribution in [3.63, 3.8) is 0 Å². The van der Waals surface area contributed by atoms with Crippen molar-refractivity contribution < 1.29 is 28.6 Å². The Kier molecular flexibility index (Phi) is 46.4. The van der Waals surface area contributed by atoms with Gasteiger partial charge < -0.3 is 14.2 Å². The summed E-state index contributed by atoms with van der Waals surface area (Å²) >= 11 is 0. The van der Waals surface area contributed by atoms with E-state index in [1.807, 2.05) is 0 Å². The number of hydrogen-bond acceptors (Lipinski definition) is 6. The zero-order valence-corrected chi connectivity index (χ0v) is 39.3. The lowest BCUT2D eigenvalue weighted by Gasteiger charge is -2.18. The van der Waals surface area contributed by atoms with Crippen LogP contribution < -0.4 is 0 Å². The van der Waals surface area contributed by atoms with Gasteiger partial charge in [0, 0.05) is 19.3 Å². The number of esters is 3. The normalized spacial score (nSPS) is 12.3. The Morgan fingerprint density at radius 1 is 0.339 bits per heavy atom. The average molecular weight is 829 g/mol. The number of ether oxygens (including phenoxy) is 3. The van der Waals surface area contributed by atoms with Crippen LogP contribution in [0.5, 0.6) is 0 Å². The SMILES string of the molecule is CCCC/C=C\CCCCCCCC(=O)OC[C@H](COC(=O)CCCCCCC/C=C\C/C=C\CCCCC)OC(=O)CCCCCCCCCCCCCCCCC. The summed E-state index contributed by atoms with van der Waals surface area (Å²) in [5.41, 5.74) is 0. The van der Waals surface area contributed by atoms with Gasteiger partial charge in [0.15, 0.2) is 6.10 Å². The van der Waals surface area contributed by atoms with Crippen molar-refractivity contribution in [3.8, 4) is 0 Å². The predicted molar refractivity (Wildman–Crippen MR) is 252 cm³/mol. The molecule has 1 atom stereocenters. The fourth-order valence-corrected chi connectivity index (χ4v) is 7.22. The first kappa shape index (κ1) is 56.6. The lowest BCUT2D eigenvalue weighted by Crippen LogP contribution is -2.30. The third-order valence-electron chi connectivity index (χ3n) is 11.1. The number of unbranched alkanes of at least 4 members (excludes halogenated alkanes) is 29. The number of carbonyl (C=O) groups is 3. The highest BCUT2D eigenvalue weighted by Crippen LogP contribution is 2.15. The van der Waals surface area contributed by atoms with Crippen LogP contribution in [0, 0.1) is 0 Å². The molecule has 0 amide bonds. The summed E-state index contributed by atoms with van der Waals surface area (Å²) in [6.07, 6.45) is 55.5. The zero-order valence-electron chi connectivity index (χ0n) is 39.3. The Bertz CT molecular complexity index is 1000. The lowest BCUT2D eigenvalue weighted by molar-refractivity contribution is -0.167. The largest absolute Gasteiger partial charge is 0.462 e. The Labute approximate surface area is 365 Å². The Morgan fingerprint density at radius 3 is 1.03 bits per heavy atom. The van der Waals surface area contributed by atoms with Crippen LogP contribution in [0.15, 0.2) is 36.5 Å². The van der Waals surface area contributed by atoms with E-state index in [4.69, 9.17) is 14.2 Å².